The Balaban J connectivity index is 1.71. The molecule has 1 fully saturated rings. The Hall–Kier alpha value is -1.39. The van der Waals surface area contributed by atoms with Gasteiger partial charge in [-0.25, -0.2) is 0 Å². The molecule has 0 spiro atoms. The van der Waals surface area contributed by atoms with Gasteiger partial charge in [0.2, 0.25) is 5.91 Å². The van der Waals surface area contributed by atoms with Crippen molar-refractivity contribution in [1.29, 1.82) is 0 Å². The lowest BCUT2D eigenvalue weighted by Crippen LogP contribution is -2.37. The number of rotatable bonds is 4. The van der Waals surface area contributed by atoms with Crippen molar-refractivity contribution in [2.45, 2.75) is 12.5 Å². The summed E-state index contributed by atoms with van der Waals surface area (Å²) in [7, 11) is 2.10. The Morgan fingerprint density at radius 3 is 2.82 bits per heavy atom. The van der Waals surface area contributed by atoms with Crippen LogP contribution in [0, 0.1) is 0 Å². The minimum Gasteiger partial charge on any atom is -0.325 e. The number of carbonyl (C=O) groups excluding carboxylic acids is 1. The molecule has 2 rings (SSSR count). The summed E-state index contributed by atoms with van der Waals surface area (Å²) in [5.41, 5.74) is 0.850. The smallest absolute Gasteiger partial charge is 0.238 e. The van der Waals surface area contributed by atoms with Crippen LogP contribution in [0.5, 0.6) is 0 Å². The fourth-order valence-corrected chi connectivity index (χ4v) is 2.07. The molecule has 1 saturated heterocycles. The first kappa shape index (κ1) is 12.1. The Bertz CT molecular complexity index is 366. The standard InChI is InChI=1S/C13H19N3O/c1-16-8-7-12(10-16)14-9-13(17)15-11-5-3-2-4-6-11/h2-6,12,14H,7-10H2,1H3,(H,15,17). The molecule has 1 heterocycles. The number of nitrogens with zero attached hydrogens (tertiary/aromatic N) is 1. The second-order valence-corrected chi connectivity index (χ2v) is 4.54. The Labute approximate surface area is 102 Å². The van der Waals surface area contributed by atoms with E-state index in [1.54, 1.807) is 0 Å². The Morgan fingerprint density at radius 1 is 1.41 bits per heavy atom. The molecule has 0 aromatic heterocycles. The first-order valence-corrected chi connectivity index (χ1v) is 6.01. The topological polar surface area (TPSA) is 44.4 Å². The maximum Gasteiger partial charge on any atom is 0.238 e. The van der Waals surface area contributed by atoms with Gasteiger partial charge in [-0.2, -0.15) is 0 Å². The van der Waals surface area contributed by atoms with Crippen molar-refractivity contribution in [3.63, 3.8) is 0 Å². The number of hydrogen-bond acceptors (Lipinski definition) is 3. The van der Waals surface area contributed by atoms with Crippen LogP contribution in [0.1, 0.15) is 6.42 Å². The second kappa shape index (κ2) is 5.80. The van der Waals surface area contributed by atoms with Gasteiger partial charge in [0.1, 0.15) is 0 Å². The predicted octanol–water partition coefficient (Wildman–Crippen LogP) is 0.919. The zero-order valence-corrected chi connectivity index (χ0v) is 10.1. The number of likely N-dealkylation sites (tertiary alicyclic amines) is 1. The maximum absolute atomic E-state index is 11.7. The van der Waals surface area contributed by atoms with E-state index in [0.717, 1.165) is 25.2 Å². The van der Waals surface area contributed by atoms with Gasteiger partial charge in [-0.3, -0.25) is 4.79 Å². The SMILES string of the molecule is CN1CCC(NCC(=O)Nc2ccccc2)C1. The van der Waals surface area contributed by atoms with Crippen LogP contribution >= 0.6 is 0 Å². The highest BCUT2D eigenvalue weighted by molar-refractivity contribution is 5.92. The molecule has 1 atom stereocenters. The lowest BCUT2D eigenvalue weighted by atomic mass is 10.2. The average Bonchev–Trinajstić information content (AvgIpc) is 2.74. The maximum atomic E-state index is 11.7. The molecule has 92 valence electrons. The fourth-order valence-electron chi connectivity index (χ4n) is 2.07. The first-order valence-electron chi connectivity index (χ1n) is 6.01. The molecular weight excluding hydrogens is 214 g/mol. The van der Waals surface area contributed by atoms with Crippen molar-refractivity contribution in [3.05, 3.63) is 30.3 Å². The number of hydrogen-bond donors (Lipinski definition) is 2. The third-order valence-corrected chi connectivity index (χ3v) is 3.00. The van der Waals surface area contributed by atoms with E-state index in [0.29, 0.717) is 12.6 Å². The van der Waals surface area contributed by atoms with E-state index >= 15 is 0 Å². The number of benzene rings is 1. The quantitative estimate of drug-likeness (QED) is 0.813. The number of nitrogens with one attached hydrogen (secondary N) is 2. The van der Waals surface area contributed by atoms with Crippen LogP contribution < -0.4 is 10.6 Å². The van der Waals surface area contributed by atoms with E-state index in [1.165, 1.54) is 0 Å². The van der Waals surface area contributed by atoms with Gasteiger partial charge >= 0.3 is 0 Å². The molecule has 2 N–H and O–H groups in total. The Kier molecular flexibility index (Phi) is 4.12. The van der Waals surface area contributed by atoms with Gasteiger partial charge in [-0.1, -0.05) is 18.2 Å². The Morgan fingerprint density at radius 2 is 2.18 bits per heavy atom. The molecular formula is C13H19N3O. The molecule has 0 saturated carbocycles. The van der Waals surface area contributed by atoms with Crippen LogP contribution in [-0.2, 0) is 4.79 Å². The average molecular weight is 233 g/mol. The van der Waals surface area contributed by atoms with Crippen molar-refractivity contribution in [2.24, 2.45) is 0 Å². The lowest BCUT2D eigenvalue weighted by Gasteiger charge is -2.12. The number of anilines is 1. The molecule has 4 heteroatoms. The zero-order valence-electron chi connectivity index (χ0n) is 10.1. The van der Waals surface area contributed by atoms with Crippen LogP contribution in [0.2, 0.25) is 0 Å². The molecule has 1 aliphatic rings. The fraction of sp³-hybridized carbons (Fsp3) is 0.462. The van der Waals surface area contributed by atoms with Crippen molar-refractivity contribution in [3.8, 4) is 0 Å². The van der Waals surface area contributed by atoms with Crippen molar-refractivity contribution >= 4 is 11.6 Å². The summed E-state index contributed by atoms with van der Waals surface area (Å²) in [6, 6.07) is 9.98. The summed E-state index contributed by atoms with van der Waals surface area (Å²) >= 11 is 0. The minimum atomic E-state index is 0.0192. The van der Waals surface area contributed by atoms with E-state index in [1.807, 2.05) is 30.3 Å². The molecule has 1 unspecified atom stereocenters. The highest BCUT2D eigenvalue weighted by Gasteiger charge is 2.19. The van der Waals surface area contributed by atoms with Gasteiger partial charge < -0.3 is 15.5 Å². The molecule has 0 bridgehead atoms. The summed E-state index contributed by atoms with van der Waals surface area (Å²) < 4.78 is 0. The molecule has 0 aliphatic carbocycles. The molecule has 4 nitrogen and oxygen atoms in total. The largest absolute Gasteiger partial charge is 0.325 e. The van der Waals surface area contributed by atoms with Gasteiger partial charge in [0, 0.05) is 18.3 Å². The van der Waals surface area contributed by atoms with Gasteiger partial charge in [-0.05, 0) is 32.1 Å². The highest BCUT2D eigenvalue weighted by atomic mass is 16.1. The van der Waals surface area contributed by atoms with Gasteiger partial charge in [0.25, 0.3) is 0 Å². The summed E-state index contributed by atoms with van der Waals surface area (Å²) in [6.07, 6.45) is 1.12. The molecule has 17 heavy (non-hydrogen) atoms. The number of amides is 1. The normalized spacial score (nSPS) is 20.4. The van der Waals surface area contributed by atoms with Crippen LogP contribution in [0.25, 0.3) is 0 Å². The van der Waals surface area contributed by atoms with Gasteiger partial charge in [0.05, 0.1) is 6.54 Å². The monoisotopic (exact) mass is 233 g/mol. The minimum absolute atomic E-state index is 0.0192. The van der Waals surface area contributed by atoms with E-state index in [9.17, 15) is 4.79 Å². The zero-order chi connectivity index (χ0) is 12.1. The summed E-state index contributed by atoms with van der Waals surface area (Å²) in [4.78, 5) is 13.9. The number of para-hydroxylation sites is 1. The van der Waals surface area contributed by atoms with Crippen LogP contribution in [0.4, 0.5) is 5.69 Å². The first-order chi connectivity index (χ1) is 8.24. The third kappa shape index (κ3) is 3.84. The molecule has 1 aliphatic heterocycles. The van der Waals surface area contributed by atoms with Crippen molar-refractivity contribution < 1.29 is 4.79 Å². The predicted molar refractivity (Wildman–Crippen MR) is 69.0 cm³/mol. The van der Waals surface area contributed by atoms with E-state index in [-0.39, 0.29) is 5.91 Å². The molecule has 1 amide bonds. The molecule has 1 aromatic carbocycles. The highest BCUT2D eigenvalue weighted by Crippen LogP contribution is 2.06. The van der Waals surface area contributed by atoms with Crippen molar-refractivity contribution in [1.82, 2.24) is 10.2 Å². The molecule has 0 radical (unpaired) electrons. The van der Waals surface area contributed by atoms with E-state index in [2.05, 4.69) is 22.6 Å². The molecule has 1 aromatic rings. The van der Waals surface area contributed by atoms with Gasteiger partial charge in [0.15, 0.2) is 0 Å². The van der Waals surface area contributed by atoms with Gasteiger partial charge in [-0.15, -0.1) is 0 Å². The number of carbonyl (C=O) groups is 1. The van der Waals surface area contributed by atoms with Crippen LogP contribution in [0.15, 0.2) is 30.3 Å². The number of likely N-dealkylation sites (N-methyl/N-ethyl adjacent to an activating group) is 1. The lowest BCUT2D eigenvalue weighted by molar-refractivity contribution is -0.115. The van der Waals surface area contributed by atoms with Crippen LogP contribution in [0.3, 0.4) is 0 Å². The van der Waals surface area contributed by atoms with Crippen molar-refractivity contribution in [2.75, 3.05) is 32.0 Å². The van der Waals surface area contributed by atoms with Crippen LogP contribution in [-0.4, -0.2) is 43.5 Å². The summed E-state index contributed by atoms with van der Waals surface area (Å²) in [6.45, 7) is 2.52. The van der Waals surface area contributed by atoms with E-state index < -0.39 is 0 Å². The second-order valence-electron chi connectivity index (χ2n) is 4.54. The third-order valence-electron chi connectivity index (χ3n) is 3.00. The summed E-state index contributed by atoms with van der Waals surface area (Å²) in [5.74, 6) is 0.0192. The summed E-state index contributed by atoms with van der Waals surface area (Å²) in [5, 5.41) is 6.14. The van der Waals surface area contributed by atoms with E-state index in [4.69, 9.17) is 0 Å².